The highest BCUT2D eigenvalue weighted by Gasteiger charge is 2.21. The van der Waals surface area contributed by atoms with Crippen molar-refractivity contribution in [1.82, 2.24) is 20.2 Å². The number of aromatic nitrogens is 4. The fourth-order valence-electron chi connectivity index (χ4n) is 3.67. The van der Waals surface area contributed by atoms with Crippen LogP contribution in [0, 0.1) is 12.8 Å². The van der Waals surface area contributed by atoms with Crippen LogP contribution in [-0.4, -0.2) is 41.4 Å². The van der Waals surface area contributed by atoms with Crippen LogP contribution in [0.2, 0.25) is 0 Å². The Morgan fingerprint density at radius 2 is 1.94 bits per heavy atom. The van der Waals surface area contributed by atoms with E-state index in [0.29, 0.717) is 22.7 Å². The lowest BCUT2D eigenvalue weighted by Crippen LogP contribution is -2.12. The topological polar surface area (TPSA) is 136 Å². The lowest BCUT2D eigenvalue weighted by atomic mass is 10.1. The molecule has 0 bridgehead atoms. The van der Waals surface area contributed by atoms with Gasteiger partial charge in [0.15, 0.2) is 9.84 Å². The van der Waals surface area contributed by atoms with Gasteiger partial charge in [-0.15, -0.1) is 0 Å². The second kappa shape index (κ2) is 8.70. The number of anilines is 3. The van der Waals surface area contributed by atoms with Crippen LogP contribution in [0.4, 0.5) is 17.5 Å². The molecule has 2 heterocycles. The molecule has 4 rings (SSSR count). The summed E-state index contributed by atoms with van der Waals surface area (Å²) in [5.74, 6) is 1.04. The molecule has 2 aromatic heterocycles. The van der Waals surface area contributed by atoms with E-state index in [4.69, 9.17) is 10.5 Å². The molecule has 0 aliphatic rings. The van der Waals surface area contributed by atoms with Crippen LogP contribution >= 0.6 is 0 Å². The molecule has 0 spiro atoms. The number of benzene rings is 2. The van der Waals surface area contributed by atoms with Crippen molar-refractivity contribution in [1.29, 1.82) is 0 Å². The first-order valence-corrected chi connectivity index (χ1v) is 12.1. The molecule has 0 fully saturated rings. The number of sulfone groups is 1. The molecule has 0 saturated heterocycles. The van der Waals surface area contributed by atoms with Crippen molar-refractivity contribution in [3.63, 3.8) is 0 Å². The van der Waals surface area contributed by atoms with Crippen LogP contribution in [0.5, 0.6) is 5.75 Å². The predicted octanol–water partition coefficient (Wildman–Crippen LogP) is 4.09. The highest BCUT2D eigenvalue weighted by atomic mass is 32.2. The number of rotatable bonds is 7. The Bertz CT molecular complexity index is 1430. The zero-order valence-corrected chi connectivity index (χ0v) is 19.7. The van der Waals surface area contributed by atoms with Crippen LogP contribution in [0.15, 0.2) is 47.5 Å². The van der Waals surface area contributed by atoms with Crippen molar-refractivity contribution in [3.05, 3.63) is 48.3 Å². The third kappa shape index (κ3) is 4.61. The minimum absolute atomic E-state index is 0.00164. The number of nitrogen functional groups attached to an aromatic ring is 1. The number of ether oxygens (including phenoxy) is 1. The zero-order valence-electron chi connectivity index (χ0n) is 18.9. The fourth-order valence-corrected chi connectivity index (χ4v) is 5.32. The lowest BCUT2D eigenvalue weighted by Gasteiger charge is -2.16. The van der Waals surface area contributed by atoms with Crippen molar-refractivity contribution in [3.8, 4) is 16.9 Å². The molecule has 9 nitrogen and oxygen atoms in total. The second-order valence-electron chi connectivity index (χ2n) is 8.23. The van der Waals surface area contributed by atoms with E-state index in [1.54, 1.807) is 24.4 Å². The first-order valence-electron chi connectivity index (χ1n) is 10.4. The lowest BCUT2D eigenvalue weighted by molar-refractivity contribution is 0.416. The number of aryl methyl sites for hydroxylation is 1. The first-order chi connectivity index (χ1) is 15.7. The summed E-state index contributed by atoms with van der Waals surface area (Å²) < 4.78 is 31.3. The smallest absolute Gasteiger partial charge is 0.221 e. The maximum atomic E-state index is 12.9. The molecule has 0 atom stereocenters. The molecule has 4 aromatic rings. The summed E-state index contributed by atoms with van der Waals surface area (Å²) in [7, 11) is -1.94. The number of hydrogen-bond donors (Lipinski definition) is 3. The molecule has 10 heteroatoms. The molecule has 33 heavy (non-hydrogen) atoms. The third-order valence-corrected chi connectivity index (χ3v) is 7.27. The second-order valence-corrected chi connectivity index (χ2v) is 10.3. The predicted molar refractivity (Wildman–Crippen MR) is 129 cm³/mol. The number of hydrogen-bond acceptors (Lipinski definition) is 8. The van der Waals surface area contributed by atoms with E-state index >= 15 is 0 Å². The van der Waals surface area contributed by atoms with E-state index in [1.165, 1.54) is 7.11 Å². The Labute approximate surface area is 192 Å². The quantitative estimate of drug-likeness (QED) is 0.370. The normalized spacial score (nSPS) is 11.8. The van der Waals surface area contributed by atoms with Gasteiger partial charge in [0.05, 0.1) is 23.3 Å². The van der Waals surface area contributed by atoms with Gasteiger partial charge in [0.25, 0.3) is 0 Å². The maximum Gasteiger partial charge on any atom is 0.221 e. The highest BCUT2D eigenvalue weighted by Crippen LogP contribution is 2.37. The van der Waals surface area contributed by atoms with Gasteiger partial charge in [0, 0.05) is 34.1 Å². The zero-order chi connectivity index (χ0) is 23.8. The summed E-state index contributed by atoms with van der Waals surface area (Å²) in [6.07, 6.45) is 1.55. The molecule has 0 unspecified atom stereocenters. The number of nitrogens with zero attached hydrogens (tertiary/aromatic N) is 3. The Morgan fingerprint density at radius 1 is 1.15 bits per heavy atom. The average molecular weight is 467 g/mol. The van der Waals surface area contributed by atoms with E-state index in [2.05, 4.69) is 25.5 Å². The number of aromatic amines is 1. The standard InChI is InChI=1S/C23H26N6O3S/c1-13(2)12-33(30,31)16-6-8-21(32-4)18(10-16)19-11-25-23(24)27-22(19)26-15-5-7-17-14(3)28-29-20(17)9-15/h5-11,13H,12H2,1-4H3,(H,28,29)(H3,24,25,26,27). The average Bonchev–Trinajstić information content (AvgIpc) is 3.12. The summed E-state index contributed by atoms with van der Waals surface area (Å²) >= 11 is 0. The summed E-state index contributed by atoms with van der Waals surface area (Å²) in [4.78, 5) is 8.71. The van der Waals surface area contributed by atoms with Gasteiger partial charge in [-0.05, 0) is 49.2 Å². The van der Waals surface area contributed by atoms with Crippen LogP contribution in [0.25, 0.3) is 22.0 Å². The molecule has 0 aliphatic carbocycles. The number of nitrogens with one attached hydrogen (secondary N) is 2. The number of H-pyrrole nitrogens is 1. The van der Waals surface area contributed by atoms with Crippen molar-refractivity contribution in [2.24, 2.45) is 5.92 Å². The van der Waals surface area contributed by atoms with Gasteiger partial charge in [-0.3, -0.25) is 5.10 Å². The monoisotopic (exact) mass is 466 g/mol. The van der Waals surface area contributed by atoms with Gasteiger partial charge < -0.3 is 15.8 Å². The SMILES string of the molecule is COc1ccc(S(=O)(=O)CC(C)C)cc1-c1cnc(N)nc1Nc1ccc2c(C)[nH]nc2c1. The Balaban J connectivity index is 1.81. The number of fused-ring (bicyclic) bond motifs is 1. The van der Waals surface area contributed by atoms with Gasteiger partial charge in [-0.25, -0.2) is 13.4 Å². The molecular weight excluding hydrogens is 440 g/mol. The van der Waals surface area contributed by atoms with Crippen LogP contribution in [0.3, 0.4) is 0 Å². The Hall–Kier alpha value is -3.66. The molecule has 2 aromatic carbocycles. The Kier molecular flexibility index (Phi) is 5.94. The molecular formula is C23H26N6O3S. The van der Waals surface area contributed by atoms with E-state index in [-0.39, 0.29) is 22.5 Å². The minimum atomic E-state index is -3.47. The van der Waals surface area contributed by atoms with Gasteiger partial charge in [0.1, 0.15) is 11.6 Å². The van der Waals surface area contributed by atoms with Crippen molar-refractivity contribution < 1.29 is 13.2 Å². The fraction of sp³-hybridized carbons (Fsp3) is 0.261. The number of methoxy groups -OCH3 is 1. The van der Waals surface area contributed by atoms with Crippen molar-refractivity contribution in [2.45, 2.75) is 25.7 Å². The van der Waals surface area contributed by atoms with E-state index in [1.807, 2.05) is 39.0 Å². The Morgan fingerprint density at radius 3 is 2.67 bits per heavy atom. The highest BCUT2D eigenvalue weighted by molar-refractivity contribution is 7.91. The van der Waals surface area contributed by atoms with Crippen LogP contribution < -0.4 is 15.8 Å². The molecule has 0 amide bonds. The van der Waals surface area contributed by atoms with E-state index < -0.39 is 9.84 Å². The van der Waals surface area contributed by atoms with E-state index in [0.717, 1.165) is 22.3 Å². The van der Waals surface area contributed by atoms with Crippen molar-refractivity contribution in [2.75, 3.05) is 23.9 Å². The summed E-state index contributed by atoms with van der Waals surface area (Å²) in [6, 6.07) is 10.5. The third-order valence-electron chi connectivity index (χ3n) is 5.19. The summed E-state index contributed by atoms with van der Waals surface area (Å²) in [5.41, 5.74) is 9.50. The molecule has 0 aliphatic heterocycles. The first kappa shape index (κ1) is 22.5. The van der Waals surface area contributed by atoms with Gasteiger partial charge >= 0.3 is 0 Å². The van der Waals surface area contributed by atoms with Gasteiger partial charge in [-0.1, -0.05) is 13.8 Å². The largest absolute Gasteiger partial charge is 0.496 e. The summed E-state index contributed by atoms with van der Waals surface area (Å²) in [6.45, 7) is 5.70. The van der Waals surface area contributed by atoms with Crippen LogP contribution in [0.1, 0.15) is 19.5 Å². The summed E-state index contributed by atoms with van der Waals surface area (Å²) in [5, 5.41) is 11.6. The van der Waals surface area contributed by atoms with Gasteiger partial charge in [0.2, 0.25) is 5.95 Å². The minimum Gasteiger partial charge on any atom is -0.496 e. The van der Waals surface area contributed by atoms with Crippen molar-refractivity contribution >= 4 is 38.2 Å². The van der Waals surface area contributed by atoms with E-state index in [9.17, 15) is 8.42 Å². The molecule has 4 N–H and O–H groups in total. The molecule has 0 radical (unpaired) electrons. The van der Waals surface area contributed by atoms with Crippen LogP contribution in [-0.2, 0) is 9.84 Å². The van der Waals surface area contributed by atoms with Gasteiger partial charge in [-0.2, -0.15) is 10.1 Å². The molecule has 172 valence electrons. The maximum absolute atomic E-state index is 12.9. The molecule has 0 saturated carbocycles. The number of nitrogens with two attached hydrogens (primary N) is 1.